The van der Waals surface area contributed by atoms with Crippen molar-refractivity contribution in [1.29, 1.82) is 0 Å². The molecule has 1 aromatic carbocycles. The van der Waals surface area contributed by atoms with E-state index in [1.165, 1.54) is 0 Å². The SMILES string of the molecule is CCC(CCS(=O)(=O)O)Oc1ccc(Cl)cc1Cl. The summed E-state index contributed by atoms with van der Waals surface area (Å²) in [5.74, 6) is 0.111. The van der Waals surface area contributed by atoms with Crippen molar-refractivity contribution in [2.24, 2.45) is 0 Å². The number of rotatable bonds is 6. The molecule has 102 valence electrons. The fourth-order valence-corrected chi connectivity index (χ4v) is 2.39. The summed E-state index contributed by atoms with van der Waals surface area (Å²) >= 11 is 11.7. The Balaban J connectivity index is 2.68. The van der Waals surface area contributed by atoms with E-state index >= 15 is 0 Å². The van der Waals surface area contributed by atoms with Crippen molar-refractivity contribution in [2.45, 2.75) is 25.9 Å². The lowest BCUT2D eigenvalue weighted by molar-refractivity contribution is 0.193. The molecule has 0 amide bonds. The largest absolute Gasteiger partial charge is 0.489 e. The molecule has 7 heteroatoms. The van der Waals surface area contributed by atoms with Gasteiger partial charge in [0.05, 0.1) is 16.9 Å². The van der Waals surface area contributed by atoms with Gasteiger partial charge >= 0.3 is 0 Å². The number of ether oxygens (including phenoxy) is 1. The molecule has 0 aromatic heterocycles. The maximum Gasteiger partial charge on any atom is 0.264 e. The summed E-state index contributed by atoms with van der Waals surface area (Å²) in [6.45, 7) is 1.86. The van der Waals surface area contributed by atoms with E-state index in [1.54, 1.807) is 18.2 Å². The Kier molecular flexibility index (Phi) is 5.72. The molecular formula is C11H14Cl2O4S. The van der Waals surface area contributed by atoms with E-state index in [1.807, 2.05) is 6.92 Å². The van der Waals surface area contributed by atoms with Gasteiger partial charge in [0.1, 0.15) is 5.75 Å². The molecule has 0 saturated carbocycles. The van der Waals surface area contributed by atoms with Crippen LogP contribution in [0, 0.1) is 0 Å². The molecule has 18 heavy (non-hydrogen) atoms. The van der Waals surface area contributed by atoms with Gasteiger partial charge in [0.25, 0.3) is 10.1 Å². The summed E-state index contributed by atoms with van der Waals surface area (Å²) in [5.41, 5.74) is 0. The number of hydrogen-bond acceptors (Lipinski definition) is 3. The number of hydrogen-bond donors (Lipinski definition) is 1. The number of halogens is 2. The van der Waals surface area contributed by atoms with Crippen LogP contribution in [0.2, 0.25) is 10.0 Å². The molecule has 0 bridgehead atoms. The third-order valence-corrected chi connectivity index (χ3v) is 3.62. The molecule has 1 unspecified atom stereocenters. The van der Waals surface area contributed by atoms with E-state index in [4.69, 9.17) is 32.5 Å². The average Bonchev–Trinajstić information content (AvgIpc) is 2.25. The van der Waals surface area contributed by atoms with Crippen LogP contribution >= 0.6 is 23.2 Å². The zero-order valence-corrected chi connectivity index (χ0v) is 12.1. The van der Waals surface area contributed by atoms with Gasteiger partial charge in [-0.05, 0) is 24.6 Å². The van der Waals surface area contributed by atoms with Gasteiger partial charge in [-0.2, -0.15) is 8.42 Å². The molecule has 0 fully saturated rings. The average molecular weight is 313 g/mol. The van der Waals surface area contributed by atoms with Gasteiger partial charge in [-0.15, -0.1) is 0 Å². The van der Waals surface area contributed by atoms with Crippen molar-refractivity contribution in [2.75, 3.05) is 5.75 Å². The highest BCUT2D eigenvalue weighted by Gasteiger charge is 2.14. The quantitative estimate of drug-likeness (QED) is 0.817. The Morgan fingerprint density at radius 2 is 2.06 bits per heavy atom. The van der Waals surface area contributed by atoms with E-state index in [-0.39, 0.29) is 18.3 Å². The highest BCUT2D eigenvalue weighted by Crippen LogP contribution is 2.29. The van der Waals surface area contributed by atoms with Crippen LogP contribution in [0.5, 0.6) is 5.75 Å². The van der Waals surface area contributed by atoms with Gasteiger partial charge in [-0.3, -0.25) is 4.55 Å². The molecule has 0 spiro atoms. The first-order chi connectivity index (χ1) is 8.31. The second kappa shape index (κ2) is 6.61. The molecule has 0 saturated heterocycles. The van der Waals surface area contributed by atoms with Crippen molar-refractivity contribution in [3.63, 3.8) is 0 Å². The summed E-state index contributed by atoms with van der Waals surface area (Å²) in [7, 11) is -3.97. The molecule has 0 radical (unpaired) electrons. The third-order valence-electron chi connectivity index (χ3n) is 2.34. The van der Waals surface area contributed by atoms with E-state index in [0.29, 0.717) is 22.2 Å². The molecular weight excluding hydrogens is 299 g/mol. The van der Waals surface area contributed by atoms with Crippen LogP contribution in [0.4, 0.5) is 0 Å². The topological polar surface area (TPSA) is 63.6 Å². The van der Waals surface area contributed by atoms with Crippen LogP contribution < -0.4 is 4.74 Å². The normalized spacial score (nSPS) is 13.3. The molecule has 1 N–H and O–H groups in total. The molecule has 0 heterocycles. The lowest BCUT2D eigenvalue weighted by atomic mass is 10.2. The standard InChI is InChI=1S/C11H14Cl2O4S/c1-2-9(5-6-18(14,15)16)17-11-4-3-8(12)7-10(11)13/h3-4,7,9H,2,5-6H2,1H3,(H,14,15,16). The summed E-state index contributed by atoms with van der Waals surface area (Å²) in [4.78, 5) is 0. The van der Waals surface area contributed by atoms with Crippen molar-refractivity contribution >= 4 is 33.3 Å². The smallest absolute Gasteiger partial charge is 0.264 e. The highest BCUT2D eigenvalue weighted by atomic mass is 35.5. The van der Waals surface area contributed by atoms with Crippen molar-refractivity contribution in [3.8, 4) is 5.75 Å². The maximum atomic E-state index is 10.7. The summed E-state index contributed by atoms with van der Waals surface area (Å²) in [6, 6.07) is 4.81. The molecule has 0 aliphatic heterocycles. The Morgan fingerprint density at radius 1 is 1.39 bits per heavy atom. The molecule has 1 aromatic rings. The Hall–Kier alpha value is -0.490. The van der Waals surface area contributed by atoms with Crippen LogP contribution in [0.25, 0.3) is 0 Å². The van der Waals surface area contributed by atoms with Gasteiger partial charge in [0.15, 0.2) is 0 Å². The first-order valence-electron chi connectivity index (χ1n) is 5.38. The molecule has 0 aliphatic carbocycles. The van der Waals surface area contributed by atoms with Gasteiger partial charge in [0.2, 0.25) is 0 Å². The van der Waals surface area contributed by atoms with E-state index in [9.17, 15) is 8.42 Å². The van der Waals surface area contributed by atoms with Crippen LogP contribution in [0.3, 0.4) is 0 Å². The Labute approximate surface area is 117 Å². The zero-order chi connectivity index (χ0) is 13.8. The van der Waals surface area contributed by atoms with Crippen molar-refractivity contribution in [1.82, 2.24) is 0 Å². The van der Waals surface area contributed by atoms with Gasteiger partial charge in [-0.25, -0.2) is 0 Å². The minimum absolute atomic E-state index is 0.203. The Bertz CT molecular complexity index is 502. The fourth-order valence-electron chi connectivity index (χ4n) is 1.38. The lowest BCUT2D eigenvalue weighted by Crippen LogP contribution is -2.20. The van der Waals surface area contributed by atoms with Gasteiger partial charge in [0, 0.05) is 11.4 Å². The summed E-state index contributed by atoms with van der Waals surface area (Å²) in [6.07, 6.45) is 0.480. The van der Waals surface area contributed by atoms with Crippen molar-refractivity contribution < 1.29 is 17.7 Å². The predicted molar refractivity (Wildman–Crippen MR) is 72.2 cm³/mol. The van der Waals surface area contributed by atoms with Gasteiger partial charge in [-0.1, -0.05) is 30.1 Å². The van der Waals surface area contributed by atoms with E-state index in [0.717, 1.165) is 0 Å². The zero-order valence-electron chi connectivity index (χ0n) is 9.77. The molecule has 0 aliphatic rings. The highest BCUT2D eigenvalue weighted by molar-refractivity contribution is 7.85. The van der Waals surface area contributed by atoms with Crippen LogP contribution in [-0.2, 0) is 10.1 Å². The van der Waals surface area contributed by atoms with Crippen LogP contribution in [-0.4, -0.2) is 24.8 Å². The Morgan fingerprint density at radius 3 is 2.56 bits per heavy atom. The maximum absolute atomic E-state index is 10.7. The fraction of sp³-hybridized carbons (Fsp3) is 0.455. The van der Waals surface area contributed by atoms with Crippen LogP contribution in [0.1, 0.15) is 19.8 Å². The molecule has 4 nitrogen and oxygen atoms in total. The second-order valence-electron chi connectivity index (χ2n) is 3.80. The lowest BCUT2D eigenvalue weighted by Gasteiger charge is -2.17. The van der Waals surface area contributed by atoms with Crippen molar-refractivity contribution in [3.05, 3.63) is 28.2 Å². The monoisotopic (exact) mass is 312 g/mol. The summed E-state index contributed by atoms with van der Waals surface area (Å²) in [5, 5.41) is 0.867. The third kappa shape index (κ3) is 5.44. The van der Waals surface area contributed by atoms with Crippen LogP contribution in [0.15, 0.2) is 18.2 Å². The second-order valence-corrected chi connectivity index (χ2v) is 6.21. The molecule has 1 rings (SSSR count). The minimum atomic E-state index is -3.97. The predicted octanol–water partition coefficient (Wildman–Crippen LogP) is 3.43. The minimum Gasteiger partial charge on any atom is -0.489 e. The first kappa shape index (κ1) is 15.6. The van der Waals surface area contributed by atoms with E-state index in [2.05, 4.69) is 0 Å². The number of benzene rings is 1. The van der Waals surface area contributed by atoms with Gasteiger partial charge < -0.3 is 4.74 Å². The summed E-state index contributed by atoms with van der Waals surface area (Å²) < 4.78 is 35.6. The van der Waals surface area contributed by atoms with E-state index < -0.39 is 10.1 Å². The molecule has 1 atom stereocenters. The first-order valence-corrected chi connectivity index (χ1v) is 7.75.